The van der Waals surface area contributed by atoms with E-state index < -0.39 is 6.23 Å². The van der Waals surface area contributed by atoms with E-state index in [-0.39, 0.29) is 11.8 Å². The summed E-state index contributed by atoms with van der Waals surface area (Å²) in [5.74, 6) is 0.708. The molecule has 5 rings (SSSR count). The number of nitrogens with zero attached hydrogens (tertiary/aromatic N) is 2. The zero-order valence-electron chi connectivity index (χ0n) is 15.0. The summed E-state index contributed by atoms with van der Waals surface area (Å²) in [6.07, 6.45) is 0.0624. The molecule has 1 N–H and O–H groups in total. The number of rotatable bonds is 2. The van der Waals surface area contributed by atoms with Gasteiger partial charge in [-0.15, -0.1) is 0 Å². The summed E-state index contributed by atoms with van der Waals surface area (Å²) in [5, 5.41) is 18.3. The molecule has 0 aliphatic carbocycles. The number of ether oxygens (including phenoxy) is 1. The molecule has 29 heavy (non-hydrogen) atoms. The van der Waals surface area contributed by atoms with Gasteiger partial charge in [0.05, 0.1) is 22.3 Å². The maximum absolute atomic E-state index is 10.5. The highest BCUT2D eigenvalue weighted by Crippen LogP contribution is 2.51. The van der Waals surface area contributed by atoms with E-state index in [4.69, 9.17) is 33.0 Å². The van der Waals surface area contributed by atoms with Gasteiger partial charge in [-0.25, -0.2) is 5.01 Å². The molecule has 2 unspecified atom stereocenters. The lowest BCUT2D eigenvalue weighted by Crippen LogP contribution is -2.34. The van der Waals surface area contributed by atoms with Crippen LogP contribution in [0.1, 0.15) is 35.4 Å². The lowest BCUT2D eigenvalue weighted by molar-refractivity contribution is -0.0202. The monoisotopic (exact) mass is 488 g/mol. The Morgan fingerprint density at radius 3 is 2.62 bits per heavy atom. The fourth-order valence-electron chi connectivity index (χ4n) is 3.85. The minimum atomic E-state index is -0.620. The molecule has 146 valence electrons. The van der Waals surface area contributed by atoms with Gasteiger partial charge < -0.3 is 9.84 Å². The van der Waals surface area contributed by atoms with Crippen LogP contribution in [0.5, 0.6) is 11.5 Å². The van der Waals surface area contributed by atoms with Gasteiger partial charge in [0.1, 0.15) is 11.5 Å². The van der Waals surface area contributed by atoms with Crippen molar-refractivity contribution >= 4 is 44.8 Å². The van der Waals surface area contributed by atoms with Crippen molar-refractivity contribution in [1.82, 2.24) is 5.01 Å². The second kappa shape index (κ2) is 7.24. The Morgan fingerprint density at radius 2 is 1.83 bits per heavy atom. The fraction of sp³-hybridized carbons (Fsp3) is 0.136. The predicted molar refractivity (Wildman–Crippen MR) is 118 cm³/mol. The number of hydrazone groups is 1. The van der Waals surface area contributed by atoms with Crippen LogP contribution in [0.15, 0.2) is 70.2 Å². The second-order valence-corrected chi connectivity index (χ2v) is 8.75. The molecule has 2 aliphatic heterocycles. The first kappa shape index (κ1) is 18.8. The molecule has 4 nitrogen and oxygen atoms in total. The molecule has 2 atom stereocenters. The van der Waals surface area contributed by atoms with E-state index in [1.54, 1.807) is 18.2 Å². The zero-order valence-corrected chi connectivity index (χ0v) is 18.1. The molecule has 2 heterocycles. The van der Waals surface area contributed by atoms with Crippen LogP contribution in [-0.4, -0.2) is 15.8 Å². The van der Waals surface area contributed by atoms with Gasteiger partial charge in [-0.3, -0.25) is 0 Å². The summed E-state index contributed by atoms with van der Waals surface area (Å²) >= 11 is 16.2. The lowest BCUT2D eigenvalue weighted by Gasteiger charge is -2.38. The first-order valence-electron chi connectivity index (χ1n) is 9.06. The van der Waals surface area contributed by atoms with E-state index >= 15 is 0 Å². The Labute approximate surface area is 186 Å². The van der Waals surface area contributed by atoms with Crippen molar-refractivity contribution in [3.63, 3.8) is 0 Å². The van der Waals surface area contributed by atoms with Crippen molar-refractivity contribution in [3.8, 4) is 11.5 Å². The Kier molecular flexibility index (Phi) is 4.69. The largest absolute Gasteiger partial charge is 0.507 e. The summed E-state index contributed by atoms with van der Waals surface area (Å²) in [7, 11) is 0. The number of hydrogen-bond donors (Lipinski definition) is 1. The lowest BCUT2D eigenvalue weighted by atomic mass is 9.95. The molecule has 0 saturated carbocycles. The van der Waals surface area contributed by atoms with Crippen molar-refractivity contribution in [1.29, 1.82) is 0 Å². The van der Waals surface area contributed by atoms with Crippen molar-refractivity contribution < 1.29 is 9.84 Å². The summed E-state index contributed by atoms with van der Waals surface area (Å²) in [5.41, 5.74) is 3.50. The maximum Gasteiger partial charge on any atom is 0.217 e. The number of aromatic hydroxyl groups is 1. The molecule has 0 saturated heterocycles. The topological polar surface area (TPSA) is 45.1 Å². The third kappa shape index (κ3) is 3.27. The smallest absolute Gasteiger partial charge is 0.217 e. The van der Waals surface area contributed by atoms with Gasteiger partial charge >= 0.3 is 0 Å². The van der Waals surface area contributed by atoms with Crippen molar-refractivity contribution in [2.24, 2.45) is 5.10 Å². The van der Waals surface area contributed by atoms with Crippen LogP contribution < -0.4 is 4.74 Å². The molecule has 2 aliphatic rings. The third-order valence-corrected chi connectivity index (χ3v) is 6.16. The summed E-state index contributed by atoms with van der Waals surface area (Å²) in [4.78, 5) is 0. The molecule has 0 bridgehead atoms. The van der Waals surface area contributed by atoms with Gasteiger partial charge in [-0.2, -0.15) is 5.10 Å². The molecule has 3 aromatic carbocycles. The van der Waals surface area contributed by atoms with E-state index in [1.165, 1.54) is 0 Å². The van der Waals surface area contributed by atoms with E-state index in [0.717, 1.165) is 21.3 Å². The fourth-order valence-corrected chi connectivity index (χ4v) is 4.78. The normalized spacial score (nSPS) is 20.0. The molecular weight excluding hydrogens is 475 g/mol. The van der Waals surface area contributed by atoms with Crippen LogP contribution in [0.25, 0.3) is 0 Å². The van der Waals surface area contributed by atoms with E-state index in [9.17, 15) is 5.11 Å². The average molecular weight is 490 g/mol. The average Bonchev–Trinajstić information content (AvgIpc) is 3.16. The Morgan fingerprint density at radius 1 is 1.03 bits per heavy atom. The van der Waals surface area contributed by atoms with Gasteiger partial charge in [0.25, 0.3) is 0 Å². The maximum atomic E-state index is 10.5. The Hall–Kier alpha value is -2.21. The molecule has 0 fully saturated rings. The van der Waals surface area contributed by atoms with Gasteiger partial charge in [0.2, 0.25) is 6.23 Å². The number of benzene rings is 3. The summed E-state index contributed by atoms with van der Waals surface area (Å²) in [6, 6.07) is 18.7. The van der Waals surface area contributed by atoms with E-state index in [1.807, 2.05) is 47.5 Å². The number of hydrogen-bond acceptors (Lipinski definition) is 4. The second-order valence-electron chi connectivity index (χ2n) is 6.99. The Bertz CT molecular complexity index is 1140. The van der Waals surface area contributed by atoms with Crippen LogP contribution in [0.2, 0.25) is 10.0 Å². The first-order chi connectivity index (χ1) is 14.0. The van der Waals surface area contributed by atoms with Crippen LogP contribution in [0.4, 0.5) is 0 Å². The predicted octanol–water partition coefficient (Wildman–Crippen LogP) is 6.70. The highest BCUT2D eigenvalue weighted by atomic mass is 79.9. The van der Waals surface area contributed by atoms with Crippen LogP contribution >= 0.6 is 39.1 Å². The molecule has 0 amide bonds. The zero-order chi connectivity index (χ0) is 20.1. The highest BCUT2D eigenvalue weighted by Gasteiger charge is 2.42. The molecule has 0 aromatic heterocycles. The van der Waals surface area contributed by atoms with Gasteiger partial charge in [0, 0.05) is 21.5 Å². The van der Waals surface area contributed by atoms with Gasteiger partial charge in [-0.05, 0) is 35.9 Å². The van der Waals surface area contributed by atoms with E-state index in [0.29, 0.717) is 27.8 Å². The minimum Gasteiger partial charge on any atom is -0.507 e. The third-order valence-electron chi connectivity index (χ3n) is 5.17. The van der Waals surface area contributed by atoms with Crippen molar-refractivity contribution in [2.45, 2.75) is 18.7 Å². The Balaban J connectivity index is 1.67. The number of halogens is 3. The highest BCUT2D eigenvalue weighted by molar-refractivity contribution is 9.10. The molecular formula is C22H15BrCl2N2O2. The van der Waals surface area contributed by atoms with E-state index in [2.05, 4.69) is 15.9 Å². The first-order valence-corrected chi connectivity index (χ1v) is 10.6. The number of fused-ring (bicyclic) bond motifs is 3. The molecule has 0 radical (unpaired) electrons. The quantitative estimate of drug-likeness (QED) is 0.435. The molecule has 7 heteroatoms. The number of phenolic OH excluding ortho intramolecular Hbond substituents is 1. The van der Waals surface area contributed by atoms with Crippen LogP contribution in [0.3, 0.4) is 0 Å². The number of phenols is 1. The molecule has 3 aromatic rings. The standard InChI is InChI=1S/C22H15BrCl2N2O2/c23-13-6-7-20(28)16(8-13)22-27-19(11-18(26-27)12-4-2-1-3-5-12)15-9-14(24)10-17(25)21(15)29-22/h1-10,19,22,28H,11H2. The van der Waals surface area contributed by atoms with Crippen LogP contribution in [0, 0.1) is 0 Å². The minimum absolute atomic E-state index is 0.103. The summed E-state index contributed by atoms with van der Waals surface area (Å²) in [6.45, 7) is 0. The van der Waals surface area contributed by atoms with Gasteiger partial charge in [0.15, 0.2) is 0 Å². The van der Waals surface area contributed by atoms with Crippen LogP contribution in [-0.2, 0) is 0 Å². The van der Waals surface area contributed by atoms with Gasteiger partial charge in [-0.1, -0.05) is 69.5 Å². The van der Waals surface area contributed by atoms with Crippen molar-refractivity contribution in [2.75, 3.05) is 0 Å². The summed E-state index contributed by atoms with van der Waals surface area (Å²) < 4.78 is 7.12. The SMILES string of the molecule is Oc1ccc(Br)cc1C1Oc2c(Cl)cc(Cl)cc2C2CC(c3ccccc3)=NN21. The van der Waals surface area contributed by atoms with Crippen molar-refractivity contribution in [3.05, 3.63) is 91.9 Å². The molecule has 0 spiro atoms.